The Morgan fingerprint density at radius 2 is 1.57 bits per heavy atom. The molecule has 0 saturated carbocycles. The average molecular weight is 510 g/mol. The second-order valence-corrected chi connectivity index (χ2v) is 9.86. The first kappa shape index (κ1) is 24.7. The smallest absolute Gasteiger partial charge is 0.293 e. The number of amides is 2. The van der Waals surface area contributed by atoms with Crippen molar-refractivity contribution in [2.24, 2.45) is 0 Å². The molecular formula is C31H27NO4S. The molecule has 0 radical (unpaired) electrons. The summed E-state index contributed by atoms with van der Waals surface area (Å²) in [7, 11) is 0. The summed E-state index contributed by atoms with van der Waals surface area (Å²) in [4.78, 5) is 27.2. The molecule has 186 valence electrons. The van der Waals surface area contributed by atoms with E-state index >= 15 is 0 Å². The van der Waals surface area contributed by atoms with Gasteiger partial charge in [0, 0.05) is 0 Å². The van der Waals surface area contributed by atoms with Crippen LogP contribution in [0.1, 0.15) is 29.2 Å². The zero-order valence-corrected chi connectivity index (χ0v) is 21.6. The summed E-state index contributed by atoms with van der Waals surface area (Å²) >= 11 is 0.957. The van der Waals surface area contributed by atoms with Crippen molar-refractivity contribution in [2.45, 2.75) is 27.0 Å². The lowest BCUT2D eigenvalue weighted by Crippen LogP contribution is -2.27. The molecule has 1 heterocycles. The van der Waals surface area contributed by atoms with E-state index in [9.17, 15) is 9.59 Å². The Kier molecular flexibility index (Phi) is 7.28. The number of thioether (sulfide) groups is 1. The summed E-state index contributed by atoms with van der Waals surface area (Å²) in [5.41, 5.74) is 3.88. The van der Waals surface area contributed by atoms with Crippen LogP contribution in [0.25, 0.3) is 16.8 Å². The zero-order chi connectivity index (χ0) is 25.8. The summed E-state index contributed by atoms with van der Waals surface area (Å²) in [5.74, 6) is 0.931. The maximum atomic E-state index is 13.0. The van der Waals surface area contributed by atoms with Crippen molar-refractivity contribution < 1.29 is 19.1 Å². The molecule has 0 N–H and O–H groups in total. The van der Waals surface area contributed by atoms with Gasteiger partial charge in [-0.2, -0.15) is 0 Å². The summed E-state index contributed by atoms with van der Waals surface area (Å²) in [5, 5.41) is 2.09. The molecule has 0 aliphatic carbocycles. The van der Waals surface area contributed by atoms with Crippen molar-refractivity contribution in [1.82, 2.24) is 4.90 Å². The Hall–Kier alpha value is -4.03. The van der Waals surface area contributed by atoms with Crippen molar-refractivity contribution in [3.63, 3.8) is 0 Å². The van der Waals surface area contributed by atoms with Gasteiger partial charge >= 0.3 is 0 Å². The van der Waals surface area contributed by atoms with E-state index in [4.69, 9.17) is 9.47 Å². The van der Waals surface area contributed by atoms with Gasteiger partial charge in [-0.1, -0.05) is 72.3 Å². The molecule has 0 aromatic heterocycles. The first-order valence-electron chi connectivity index (χ1n) is 12.2. The predicted octanol–water partition coefficient (Wildman–Crippen LogP) is 7.36. The molecule has 5 nitrogen and oxygen atoms in total. The molecule has 0 atom stereocenters. The molecule has 5 rings (SSSR count). The Morgan fingerprint density at radius 3 is 2.35 bits per heavy atom. The van der Waals surface area contributed by atoms with E-state index in [0.29, 0.717) is 29.6 Å². The number of ether oxygens (including phenoxy) is 2. The van der Waals surface area contributed by atoms with Gasteiger partial charge < -0.3 is 9.47 Å². The highest BCUT2D eigenvalue weighted by atomic mass is 32.2. The SMILES string of the molecule is CCOc1cc(/C=C2\SC(=O)N(Cc3ccc(C)cc3)C2=O)ccc1OCc1ccc2ccccc2c1. The van der Waals surface area contributed by atoms with Crippen LogP contribution < -0.4 is 9.47 Å². The molecule has 37 heavy (non-hydrogen) atoms. The lowest BCUT2D eigenvalue weighted by molar-refractivity contribution is -0.123. The molecule has 4 aromatic carbocycles. The summed E-state index contributed by atoms with van der Waals surface area (Å²) < 4.78 is 11.9. The van der Waals surface area contributed by atoms with Crippen LogP contribution in [0.15, 0.2) is 89.8 Å². The van der Waals surface area contributed by atoms with E-state index in [-0.39, 0.29) is 17.7 Å². The molecular weight excluding hydrogens is 482 g/mol. The number of hydrogen-bond acceptors (Lipinski definition) is 5. The fraction of sp³-hybridized carbons (Fsp3) is 0.161. The molecule has 1 fully saturated rings. The topological polar surface area (TPSA) is 55.8 Å². The standard InChI is InChI=1S/C31H27NO4S/c1-3-35-28-17-23(13-15-27(28)36-20-24-12-14-25-6-4-5-7-26(25)16-24)18-29-30(33)32(31(34)37-29)19-22-10-8-21(2)9-11-22/h4-18H,3,19-20H2,1-2H3/b29-18-. The molecule has 0 unspecified atom stereocenters. The number of rotatable bonds is 8. The van der Waals surface area contributed by atoms with E-state index in [2.05, 4.69) is 30.3 Å². The Bertz CT molecular complexity index is 1490. The van der Waals surface area contributed by atoms with Gasteiger partial charge in [0.05, 0.1) is 18.1 Å². The number of nitrogens with zero attached hydrogens (tertiary/aromatic N) is 1. The largest absolute Gasteiger partial charge is 0.490 e. The van der Waals surface area contributed by atoms with Gasteiger partial charge in [0.1, 0.15) is 6.61 Å². The van der Waals surface area contributed by atoms with Gasteiger partial charge in [-0.15, -0.1) is 0 Å². The zero-order valence-electron chi connectivity index (χ0n) is 20.8. The van der Waals surface area contributed by atoms with E-state index in [1.54, 1.807) is 6.08 Å². The van der Waals surface area contributed by atoms with Crippen LogP contribution in [0, 0.1) is 6.92 Å². The Labute approximate surface area is 220 Å². The van der Waals surface area contributed by atoms with Gasteiger partial charge in [0.2, 0.25) is 0 Å². The fourth-order valence-electron chi connectivity index (χ4n) is 4.16. The van der Waals surface area contributed by atoms with Gasteiger partial charge in [-0.25, -0.2) is 0 Å². The minimum Gasteiger partial charge on any atom is -0.490 e. The van der Waals surface area contributed by atoms with Crippen LogP contribution in [0.4, 0.5) is 4.79 Å². The highest BCUT2D eigenvalue weighted by Gasteiger charge is 2.35. The normalized spacial score (nSPS) is 14.5. The van der Waals surface area contributed by atoms with Gasteiger partial charge in [0.25, 0.3) is 11.1 Å². The lowest BCUT2D eigenvalue weighted by atomic mass is 10.1. The summed E-state index contributed by atoms with van der Waals surface area (Å²) in [6.45, 7) is 5.05. The first-order valence-corrected chi connectivity index (χ1v) is 13.0. The number of carbonyl (C=O) groups is 2. The van der Waals surface area contributed by atoms with Crippen LogP contribution in [-0.4, -0.2) is 22.7 Å². The third kappa shape index (κ3) is 5.70. The minimum absolute atomic E-state index is 0.258. The molecule has 4 aromatic rings. The summed E-state index contributed by atoms with van der Waals surface area (Å²) in [6.07, 6.45) is 1.73. The number of carbonyl (C=O) groups excluding carboxylic acids is 2. The second kappa shape index (κ2) is 10.9. The molecule has 0 spiro atoms. The number of hydrogen-bond donors (Lipinski definition) is 0. The van der Waals surface area contributed by atoms with Crippen LogP contribution in [0.2, 0.25) is 0 Å². The monoisotopic (exact) mass is 509 g/mol. The molecule has 1 aliphatic heterocycles. The first-order chi connectivity index (χ1) is 18.0. The fourth-order valence-corrected chi connectivity index (χ4v) is 4.99. The molecule has 1 aliphatic rings. The predicted molar refractivity (Wildman–Crippen MR) is 149 cm³/mol. The van der Waals surface area contributed by atoms with Crippen molar-refractivity contribution in [3.8, 4) is 11.5 Å². The van der Waals surface area contributed by atoms with Crippen LogP contribution in [0.3, 0.4) is 0 Å². The average Bonchev–Trinajstić information content (AvgIpc) is 3.16. The van der Waals surface area contributed by atoms with Crippen molar-refractivity contribution >= 4 is 39.8 Å². The maximum Gasteiger partial charge on any atom is 0.293 e. The van der Waals surface area contributed by atoms with E-state index < -0.39 is 0 Å². The number of imide groups is 1. The van der Waals surface area contributed by atoms with Crippen molar-refractivity contribution in [1.29, 1.82) is 0 Å². The van der Waals surface area contributed by atoms with Gasteiger partial charge in [-0.3, -0.25) is 14.5 Å². The van der Waals surface area contributed by atoms with Gasteiger partial charge in [-0.05, 0) is 77.3 Å². The quantitative estimate of drug-likeness (QED) is 0.232. The Balaban J connectivity index is 1.31. The molecule has 0 bridgehead atoms. The van der Waals surface area contributed by atoms with E-state index in [1.807, 2.05) is 68.4 Å². The Morgan fingerprint density at radius 1 is 0.811 bits per heavy atom. The highest BCUT2D eigenvalue weighted by molar-refractivity contribution is 8.18. The lowest BCUT2D eigenvalue weighted by Gasteiger charge is -2.13. The second-order valence-electron chi connectivity index (χ2n) is 8.86. The van der Waals surface area contributed by atoms with E-state index in [1.165, 1.54) is 15.7 Å². The van der Waals surface area contributed by atoms with Crippen LogP contribution in [0.5, 0.6) is 11.5 Å². The number of aryl methyl sites for hydroxylation is 1. The van der Waals surface area contributed by atoms with Crippen molar-refractivity contribution in [3.05, 3.63) is 112 Å². The van der Waals surface area contributed by atoms with Crippen molar-refractivity contribution in [2.75, 3.05) is 6.61 Å². The third-order valence-electron chi connectivity index (χ3n) is 6.11. The molecule has 2 amide bonds. The van der Waals surface area contributed by atoms with Crippen LogP contribution in [-0.2, 0) is 17.9 Å². The van der Waals surface area contributed by atoms with Gasteiger partial charge in [0.15, 0.2) is 11.5 Å². The summed E-state index contributed by atoms with van der Waals surface area (Å²) in [6, 6.07) is 27.9. The number of fused-ring (bicyclic) bond motifs is 1. The van der Waals surface area contributed by atoms with Crippen LogP contribution >= 0.6 is 11.8 Å². The number of benzene rings is 4. The maximum absolute atomic E-state index is 13.0. The molecule has 1 saturated heterocycles. The minimum atomic E-state index is -0.287. The van der Waals surface area contributed by atoms with E-state index in [0.717, 1.165) is 34.0 Å². The molecule has 6 heteroatoms. The third-order valence-corrected chi connectivity index (χ3v) is 7.02. The highest BCUT2D eigenvalue weighted by Crippen LogP contribution is 2.35.